The molecule has 0 aliphatic carbocycles. The van der Waals surface area contributed by atoms with Gasteiger partial charge in [-0.2, -0.15) is 0 Å². The third kappa shape index (κ3) is 8.01. The number of esters is 1. The number of hydrogen-bond donors (Lipinski definition) is 1. The molecule has 3 rings (SSSR count). The number of anilines is 1. The van der Waals surface area contributed by atoms with Crippen LogP contribution in [0.2, 0.25) is 0 Å². The highest BCUT2D eigenvalue weighted by atomic mass is 32.1. The van der Waals surface area contributed by atoms with E-state index in [0.717, 1.165) is 19.3 Å². The molecule has 0 heterocycles. The Bertz CT molecular complexity index is 1060. The van der Waals surface area contributed by atoms with Crippen molar-refractivity contribution in [3.8, 4) is 17.2 Å². The first-order valence-electron chi connectivity index (χ1n) is 10.5. The highest BCUT2D eigenvalue weighted by Gasteiger charge is 2.09. The number of carbonyl (C=O) groups excluding carboxylic acids is 2. The van der Waals surface area contributed by atoms with Gasteiger partial charge in [-0.3, -0.25) is 0 Å². The lowest BCUT2D eigenvalue weighted by molar-refractivity contribution is 0.0734. The molecule has 0 aliphatic rings. The molecule has 170 valence electrons. The first-order valence-corrected chi connectivity index (χ1v) is 10.9. The van der Waals surface area contributed by atoms with E-state index in [1.54, 1.807) is 54.6 Å². The summed E-state index contributed by atoms with van der Waals surface area (Å²) in [7, 11) is 0. The van der Waals surface area contributed by atoms with E-state index in [2.05, 4.69) is 22.1 Å². The maximum absolute atomic E-state index is 12.2. The zero-order valence-corrected chi connectivity index (χ0v) is 18.8. The van der Waals surface area contributed by atoms with E-state index in [9.17, 15) is 9.59 Å². The predicted molar refractivity (Wildman–Crippen MR) is 128 cm³/mol. The van der Waals surface area contributed by atoms with Gasteiger partial charge in [-0.25, -0.2) is 9.59 Å². The second kappa shape index (κ2) is 12.9. The maximum Gasteiger partial charge on any atom is 0.356 e. The van der Waals surface area contributed by atoms with Crippen LogP contribution in [-0.4, -0.2) is 25.2 Å². The third-order valence-corrected chi connectivity index (χ3v) is 4.74. The Balaban J connectivity index is 1.33. The van der Waals surface area contributed by atoms with E-state index in [1.165, 1.54) is 0 Å². The van der Waals surface area contributed by atoms with Crippen molar-refractivity contribution in [2.75, 3.05) is 18.5 Å². The van der Waals surface area contributed by atoms with Crippen molar-refractivity contribution in [1.82, 2.24) is 0 Å². The second-order valence-corrected chi connectivity index (χ2v) is 7.18. The quantitative estimate of drug-likeness (QED) is 0.219. The van der Waals surface area contributed by atoms with Crippen LogP contribution < -0.4 is 19.5 Å². The first kappa shape index (κ1) is 23.9. The summed E-state index contributed by atoms with van der Waals surface area (Å²) in [4.78, 5) is 23.5. The SMILES string of the molecule is O=C(N=S)Nc1ccccc1OCCCCCOc1ccc(C(=O)Oc2ccccc2)cc1. The van der Waals surface area contributed by atoms with Crippen LogP contribution >= 0.6 is 0 Å². The molecule has 0 aliphatic heterocycles. The van der Waals surface area contributed by atoms with Crippen LogP contribution in [0.1, 0.15) is 29.6 Å². The van der Waals surface area contributed by atoms with Crippen molar-refractivity contribution in [3.63, 3.8) is 0 Å². The Kier molecular flexibility index (Phi) is 9.35. The number of unbranched alkanes of at least 4 members (excludes halogenated alkanes) is 2. The molecular weight excluding hydrogens is 440 g/mol. The molecule has 3 aromatic carbocycles. The molecular formula is C25H24N2O5S. The summed E-state index contributed by atoms with van der Waals surface area (Å²) in [5.74, 6) is 1.37. The number of hydrogen-bond acceptors (Lipinski definition) is 6. The molecule has 0 saturated heterocycles. The van der Waals surface area contributed by atoms with Gasteiger partial charge in [0.2, 0.25) is 0 Å². The standard InChI is InChI=1S/C25H24N2O5S/c28-24(32-21-9-3-1-4-10-21)19-13-15-20(16-14-19)30-17-7-2-8-18-31-23-12-6-5-11-22(23)26-25(29)27-33/h1,3-6,9-16H,2,7-8,17-18H2,(H,26,29). The van der Waals surface area contributed by atoms with Gasteiger partial charge in [0, 0.05) is 12.4 Å². The number of urea groups is 1. The number of nitrogens with zero attached hydrogens (tertiary/aromatic N) is 1. The van der Waals surface area contributed by atoms with E-state index in [1.807, 2.05) is 24.3 Å². The summed E-state index contributed by atoms with van der Waals surface area (Å²) >= 11 is 4.38. The van der Waals surface area contributed by atoms with Crippen molar-refractivity contribution in [3.05, 3.63) is 84.4 Å². The number of amides is 2. The van der Waals surface area contributed by atoms with Crippen molar-refractivity contribution in [1.29, 1.82) is 0 Å². The summed E-state index contributed by atoms with van der Waals surface area (Å²) in [6.07, 6.45) is 2.60. The van der Waals surface area contributed by atoms with Crippen LogP contribution in [0.25, 0.3) is 0 Å². The molecule has 2 amide bonds. The van der Waals surface area contributed by atoms with Gasteiger partial charge in [0.05, 0.1) is 24.5 Å². The van der Waals surface area contributed by atoms with Gasteiger partial charge in [-0.15, -0.1) is 4.36 Å². The van der Waals surface area contributed by atoms with Gasteiger partial charge in [0.15, 0.2) is 0 Å². The van der Waals surface area contributed by atoms with Gasteiger partial charge in [-0.05, 0) is 67.8 Å². The van der Waals surface area contributed by atoms with E-state index < -0.39 is 12.0 Å². The number of rotatable bonds is 11. The Morgan fingerprint density at radius 3 is 2.15 bits per heavy atom. The minimum Gasteiger partial charge on any atom is -0.494 e. The van der Waals surface area contributed by atoms with Crippen LogP contribution in [0.15, 0.2) is 83.2 Å². The van der Waals surface area contributed by atoms with Crippen molar-refractivity contribution < 1.29 is 23.8 Å². The molecule has 0 radical (unpaired) electrons. The Labute approximate surface area is 197 Å². The molecule has 8 heteroatoms. The van der Waals surface area contributed by atoms with Gasteiger partial charge >= 0.3 is 12.0 Å². The van der Waals surface area contributed by atoms with Gasteiger partial charge < -0.3 is 19.5 Å². The van der Waals surface area contributed by atoms with Gasteiger partial charge in [0.1, 0.15) is 17.2 Å². The number of benzene rings is 3. The van der Waals surface area contributed by atoms with Crippen LogP contribution in [0, 0.1) is 0 Å². The van der Waals surface area contributed by atoms with E-state index in [0.29, 0.717) is 41.7 Å². The molecule has 0 bridgehead atoms. The summed E-state index contributed by atoms with van der Waals surface area (Å²) < 4.78 is 20.0. The molecule has 0 aromatic heterocycles. The monoisotopic (exact) mass is 464 g/mol. The average molecular weight is 465 g/mol. The summed E-state index contributed by atoms with van der Waals surface area (Å²) in [5, 5.41) is 2.58. The zero-order chi connectivity index (χ0) is 23.3. The van der Waals surface area contributed by atoms with Crippen LogP contribution in [-0.2, 0) is 12.4 Å². The minimum atomic E-state index is -0.598. The van der Waals surface area contributed by atoms with Crippen molar-refractivity contribution in [2.24, 2.45) is 4.36 Å². The molecule has 0 spiro atoms. The summed E-state index contributed by atoms with van der Waals surface area (Å²) in [5.41, 5.74) is 0.997. The third-order valence-electron chi connectivity index (χ3n) is 4.57. The normalized spacial score (nSPS) is 10.2. The fourth-order valence-electron chi connectivity index (χ4n) is 2.93. The van der Waals surface area contributed by atoms with Gasteiger partial charge in [0.25, 0.3) is 0 Å². The number of carbonyl (C=O) groups is 2. The predicted octanol–water partition coefficient (Wildman–Crippen LogP) is 5.80. The second-order valence-electron chi connectivity index (χ2n) is 7.00. The molecule has 0 unspecified atom stereocenters. The fraction of sp³-hybridized carbons (Fsp3) is 0.200. The molecule has 33 heavy (non-hydrogen) atoms. The molecule has 0 atom stereocenters. The van der Waals surface area contributed by atoms with Crippen molar-refractivity contribution >= 4 is 30.1 Å². The highest BCUT2D eigenvalue weighted by Crippen LogP contribution is 2.24. The lowest BCUT2D eigenvalue weighted by Crippen LogP contribution is -2.08. The minimum absolute atomic E-state index is 0.410. The summed E-state index contributed by atoms with van der Waals surface area (Å²) in [6, 6.07) is 22.4. The topological polar surface area (TPSA) is 86.2 Å². The lowest BCUT2D eigenvalue weighted by atomic mass is 10.2. The maximum atomic E-state index is 12.2. The largest absolute Gasteiger partial charge is 0.494 e. The van der Waals surface area contributed by atoms with Crippen LogP contribution in [0.5, 0.6) is 17.2 Å². The highest BCUT2D eigenvalue weighted by molar-refractivity contribution is 7.47. The lowest BCUT2D eigenvalue weighted by Gasteiger charge is -2.11. The Morgan fingerprint density at radius 1 is 0.758 bits per heavy atom. The van der Waals surface area contributed by atoms with E-state index in [4.69, 9.17) is 14.2 Å². The van der Waals surface area contributed by atoms with Crippen LogP contribution in [0.4, 0.5) is 10.5 Å². The smallest absolute Gasteiger partial charge is 0.356 e. The van der Waals surface area contributed by atoms with E-state index >= 15 is 0 Å². The van der Waals surface area contributed by atoms with Gasteiger partial charge in [-0.1, -0.05) is 30.3 Å². The Hall–Kier alpha value is -3.78. The van der Waals surface area contributed by atoms with Crippen molar-refractivity contribution in [2.45, 2.75) is 19.3 Å². The summed E-state index contributed by atoms with van der Waals surface area (Å²) in [6.45, 7) is 1.07. The molecule has 1 N–H and O–H groups in total. The molecule has 0 saturated carbocycles. The molecule has 3 aromatic rings. The molecule has 7 nitrogen and oxygen atoms in total. The Morgan fingerprint density at radius 2 is 1.42 bits per heavy atom. The average Bonchev–Trinajstić information content (AvgIpc) is 2.85. The molecule has 0 fully saturated rings. The van der Waals surface area contributed by atoms with Crippen LogP contribution in [0.3, 0.4) is 0 Å². The number of ether oxygens (including phenoxy) is 3. The van der Waals surface area contributed by atoms with E-state index in [-0.39, 0.29) is 0 Å². The fourth-order valence-corrected chi connectivity index (χ4v) is 2.97. The number of nitrogens with one attached hydrogen (secondary N) is 1. The zero-order valence-electron chi connectivity index (χ0n) is 17.9. The first-order chi connectivity index (χ1) is 16.2. The number of para-hydroxylation sites is 3.